The van der Waals surface area contributed by atoms with Gasteiger partial charge in [0.15, 0.2) is 6.61 Å². The molecule has 4 aliphatic carbocycles. The van der Waals surface area contributed by atoms with Gasteiger partial charge in [-0.25, -0.2) is 14.0 Å². The smallest absolute Gasteiger partial charge is 0.344 e. The van der Waals surface area contributed by atoms with Crippen molar-refractivity contribution in [2.75, 3.05) is 13.2 Å². The summed E-state index contributed by atoms with van der Waals surface area (Å²) in [5, 5.41) is 0. The van der Waals surface area contributed by atoms with Gasteiger partial charge in [0.05, 0.1) is 6.61 Å². The van der Waals surface area contributed by atoms with Crippen molar-refractivity contribution < 1.29 is 23.5 Å². The highest BCUT2D eigenvalue weighted by molar-refractivity contribution is 5.81. The normalized spacial score (nSPS) is 35.2. The van der Waals surface area contributed by atoms with E-state index < -0.39 is 24.2 Å². The lowest BCUT2D eigenvalue weighted by Crippen LogP contribution is -2.48. The van der Waals surface area contributed by atoms with Gasteiger partial charge in [0.1, 0.15) is 0 Å². The quantitative estimate of drug-likeness (QED) is 0.613. The molecule has 0 amide bonds. The molecule has 0 spiro atoms. The molecule has 0 saturated heterocycles. The highest BCUT2D eigenvalue weighted by Gasteiger charge is 2.51. The van der Waals surface area contributed by atoms with Gasteiger partial charge in [-0.15, -0.1) is 0 Å². The Kier molecular flexibility index (Phi) is 5.40. The Morgan fingerprint density at radius 3 is 2.16 bits per heavy atom. The predicted molar refractivity (Wildman–Crippen MR) is 91.6 cm³/mol. The molecule has 0 aromatic heterocycles. The minimum absolute atomic E-state index is 0.116. The first kappa shape index (κ1) is 18.7. The second kappa shape index (κ2) is 7.24. The highest BCUT2D eigenvalue weighted by Crippen LogP contribution is 2.60. The summed E-state index contributed by atoms with van der Waals surface area (Å²) < 4.78 is 24.5. The molecule has 1 unspecified atom stereocenters. The van der Waals surface area contributed by atoms with Gasteiger partial charge in [-0.05, 0) is 76.0 Å². The molecule has 0 aromatic carbocycles. The molecular formula is C20H31FO4. The van der Waals surface area contributed by atoms with E-state index in [0.29, 0.717) is 13.0 Å². The number of rotatable bonds is 8. The molecule has 142 valence electrons. The Bertz CT molecular complexity index is 479. The van der Waals surface area contributed by atoms with Crippen LogP contribution in [0.1, 0.15) is 71.6 Å². The number of halogens is 1. The lowest BCUT2D eigenvalue weighted by Gasteiger charge is -2.56. The number of unbranched alkanes of at least 4 members (excludes halogenated alkanes) is 1. The molecular weight excluding hydrogens is 323 g/mol. The SMILES string of the molecule is CCCCC(C)(F)C(=O)OCC(=O)OCC12CC3CC(CC(C3)C1)C2. The molecule has 5 heteroatoms. The van der Waals surface area contributed by atoms with Crippen molar-refractivity contribution >= 4 is 11.9 Å². The Morgan fingerprint density at radius 2 is 1.64 bits per heavy atom. The summed E-state index contributed by atoms with van der Waals surface area (Å²) in [5.74, 6) is 0.874. The van der Waals surface area contributed by atoms with E-state index in [9.17, 15) is 14.0 Å². The third kappa shape index (κ3) is 4.35. The summed E-state index contributed by atoms with van der Waals surface area (Å²) in [5.41, 5.74) is -1.89. The van der Waals surface area contributed by atoms with Crippen LogP contribution in [0, 0.1) is 23.2 Å². The molecule has 4 aliphatic rings. The third-order valence-corrected chi connectivity index (χ3v) is 6.45. The van der Waals surface area contributed by atoms with Crippen molar-refractivity contribution in [3.05, 3.63) is 0 Å². The van der Waals surface area contributed by atoms with Gasteiger partial charge in [-0.3, -0.25) is 0 Å². The van der Waals surface area contributed by atoms with E-state index in [0.717, 1.165) is 43.4 Å². The van der Waals surface area contributed by atoms with Crippen LogP contribution in [0.2, 0.25) is 0 Å². The predicted octanol–water partition coefficient (Wildman–Crippen LogP) is 4.21. The largest absolute Gasteiger partial charge is 0.463 e. The standard InChI is InChI=1S/C20H31FO4/c1-3-4-5-19(2,21)18(23)24-12-17(22)25-13-20-9-14-6-15(10-20)8-16(7-14)11-20/h14-16H,3-13H2,1-2H3. The van der Waals surface area contributed by atoms with Crippen LogP contribution in [-0.4, -0.2) is 30.8 Å². The van der Waals surface area contributed by atoms with Gasteiger partial charge in [0.2, 0.25) is 5.67 Å². The fourth-order valence-corrected chi connectivity index (χ4v) is 5.63. The van der Waals surface area contributed by atoms with E-state index >= 15 is 0 Å². The number of esters is 2. The molecule has 0 heterocycles. The Morgan fingerprint density at radius 1 is 1.08 bits per heavy atom. The van der Waals surface area contributed by atoms with Crippen molar-refractivity contribution in [2.24, 2.45) is 23.2 Å². The molecule has 4 fully saturated rings. The summed E-state index contributed by atoms with van der Waals surface area (Å²) in [6.45, 7) is 3.08. The zero-order valence-electron chi connectivity index (χ0n) is 15.5. The minimum Gasteiger partial charge on any atom is -0.463 e. The van der Waals surface area contributed by atoms with Crippen LogP contribution in [0.3, 0.4) is 0 Å². The minimum atomic E-state index is -2.03. The van der Waals surface area contributed by atoms with Crippen LogP contribution in [-0.2, 0) is 19.1 Å². The maximum Gasteiger partial charge on any atom is 0.344 e. The van der Waals surface area contributed by atoms with E-state index in [1.807, 2.05) is 6.92 Å². The fourth-order valence-electron chi connectivity index (χ4n) is 5.63. The zero-order chi connectivity index (χ0) is 18.1. The van der Waals surface area contributed by atoms with Crippen molar-refractivity contribution in [2.45, 2.75) is 77.3 Å². The molecule has 4 saturated carbocycles. The number of ether oxygens (including phenoxy) is 2. The first-order valence-corrected chi connectivity index (χ1v) is 9.84. The number of hydrogen-bond acceptors (Lipinski definition) is 4. The molecule has 4 rings (SSSR count). The third-order valence-electron chi connectivity index (χ3n) is 6.45. The van der Waals surface area contributed by atoms with Crippen LogP contribution in [0.5, 0.6) is 0 Å². The molecule has 0 N–H and O–H groups in total. The van der Waals surface area contributed by atoms with Gasteiger partial charge >= 0.3 is 11.9 Å². The van der Waals surface area contributed by atoms with Gasteiger partial charge in [-0.2, -0.15) is 0 Å². The lowest BCUT2D eigenvalue weighted by molar-refractivity contribution is -0.171. The molecule has 4 bridgehead atoms. The first-order chi connectivity index (χ1) is 11.8. The average Bonchev–Trinajstić information content (AvgIpc) is 2.55. The zero-order valence-corrected chi connectivity index (χ0v) is 15.5. The van der Waals surface area contributed by atoms with Gasteiger partial charge in [-0.1, -0.05) is 13.3 Å². The summed E-state index contributed by atoms with van der Waals surface area (Å²) in [7, 11) is 0. The van der Waals surface area contributed by atoms with Gasteiger partial charge in [0, 0.05) is 5.41 Å². The summed E-state index contributed by atoms with van der Waals surface area (Å²) in [6, 6.07) is 0. The monoisotopic (exact) mass is 354 g/mol. The Hall–Kier alpha value is -1.13. The molecule has 25 heavy (non-hydrogen) atoms. The van der Waals surface area contributed by atoms with E-state index in [2.05, 4.69) is 0 Å². The Balaban J connectivity index is 1.42. The van der Waals surface area contributed by atoms with Crippen LogP contribution in [0.25, 0.3) is 0 Å². The van der Waals surface area contributed by atoms with Crippen molar-refractivity contribution in [3.63, 3.8) is 0 Å². The maximum atomic E-state index is 14.2. The average molecular weight is 354 g/mol. The van der Waals surface area contributed by atoms with E-state index in [-0.39, 0.29) is 11.8 Å². The fraction of sp³-hybridized carbons (Fsp3) is 0.900. The van der Waals surface area contributed by atoms with Crippen LogP contribution >= 0.6 is 0 Å². The molecule has 4 nitrogen and oxygen atoms in total. The van der Waals surface area contributed by atoms with Crippen molar-refractivity contribution in [3.8, 4) is 0 Å². The molecule has 1 atom stereocenters. The first-order valence-electron chi connectivity index (χ1n) is 9.84. The topological polar surface area (TPSA) is 52.6 Å². The number of carbonyl (C=O) groups excluding carboxylic acids is 2. The van der Waals surface area contributed by atoms with Crippen molar-refractivity contribution in [1.82, 2.24) is 0 Å². The van der Waals surface area contributed by atoms with Gasteiger partial charge in [0.25, 0.3) is 0 Å². The number of carbonyl (C=O) groups is 2. The molecule has 0 aliphatic heterocycles. The van der Waals surface area contributed by atoms with Crippen LogP contribution in [0.4, 0.5) is 4.39 Å². The Labute approximate surface area is 149 Å². The summed E-state index contributed by atoms with van der Waals surface area (Å²) >= 11 is 0. The number of hydrogen-bond donors (Lipinski definition) is 0. The van der Waals surface area contributed by atoms with Crippen LogP contribution in [0.15, 0.2) is 0 Å². The van der Waals surface area contributed by atoms with E-state index in [1.54, 1.807) is 0 Å². The second-order valence-electron chi connectivity index (χ2n) is 8.96. The molecule has 0 radical (unpaired) electrons. The van der Waals surface area contributed by atoms with E-state index in [1.165, 1.54) is 26.2 Å². The van der Waals surface area contributed by atoms with Crippen LogP contribution < -0.4 is 0 Å². The van der Waals surface area contributed by atoms with E-state index in [4.69, 9.17) is 9.47 Å². The maximum absolute atomic E-state index is 14.2. The van der Waals surface area contributed by atoms with Crippen molar-refractivity contribution in [1.29, 1.82) is 0 Å². The molecule has 0 aromatic rings. The lowest BCUT2D eigenvalue weighted by atomic mass is 9.50. The number of alkyl halides is 1. The summed E-state index contributed by atoms with van der Waals surface area (Å²) in [6.07, 6.45) is 9.04. The summed E-state index contributed by atoms with van der Waals surface area (Å²) in [4.78, 5) is 23.8. The van der Waals surface area contributed by atoms with Gasteiger partial charge < -0.3 is 9.47 Å². The highest BCUT2D eigenvalue weighted by atomic mass is 19.1. The second-order valence-corrected chi connectivity index (χ2v) is 8.96.